The van der Waals surface area contributed by atoms with Crippen LogP contribution in [0.5, 0.6) is 5.75 Å². The zero-order chi connectivity index (χ0) is 46.6. The highest BCUT2D eigenvalue weighted by Gasteiger charge is 2.40. The van der Waals surface area contributed by atoms with Gasteiger partial charge in [-0.3, -0.25) is 38.9 Å². The average Bonchev–Trinajstić information content (AvgIpc) is 3.63. The second-order valence-corrected chi connectivity index (χ2v) is 17.1. The molecule has 0 spiro atoms. The van der Waals surface area contributed by atoms with E-state index in [1.54, 1.807) is 49.5 Å². The van der Waals surface area contributed by atoms with Crippen LogP contribution in [0.2, 0.25) is 0 Å². The summed E-state index contributed by atoms with van der Waals surface area (Å²) in [5.74, 6) is 0.704. The largest absolute Gasteiger partial charge is 0.496 e. The van der Waals surface area contributed by atoms with Crippen molar-refractivity contribution in [2.45, 2.75) is 109 Å². The first-order valence-corrected chi connectivity index (χ1v) is 22.7. The number of amides is 5. The van der Waals surface area contributed by atoms with E-state index in [2.05, 4.69) is 36.4 Å². The molecular weight excluding hydrogens is 898 g/mol. The molecule has 0 aliphatic carbocycles. The van der Waals surface area contributed by atoms with Gasteiger partial charge in [-0.15, -0.1) is 0 Å². The minimum absolute atomic E-state index is 0.00563. The Morgan fingerprint density at radius 1 is 0.985 bits per heavy atom. The topological polar surface area (TPSA) is 209 Å². The van der Waals surface area contributed by atoms with Gasteiger partial charge in [0.25, 0.3) is 12.4 Å². The summed E-state index contributed by atoms with van der Waals surface area (Å²) >= 11 is 3.50. The van der Waals surface area contributed by atoms with Crippen LogP contribution in [0.25, 0.3) is 0 Å². The van der Waals surface area contributed by atoms with Crippen LogP contribution in [0.3, 0.4) is 0 Å². The first kappa shape index (κ1) is 48.0. The van der Waals surface area contributed by atoms with Crippen LogP contribution in [0.15, 0.2) is 71.3 Å². The Labute approximate surface area is 386 Å². The molecule has 3 aromatic carbocycles. The number of ketones is 1. The van der Waals surface area contributed by atoms with Gasteiger partial charge in [0.2, 0.25) is 23.6 Å². The van der Waals surface area contributed by atoms with Gasteiger partial charge >= 0.3 is 0 Å². The molecule has 1 unspecified atom stereocenters. The van der Waals surface area contributed by atoms with E-state index in [9.17, 15) is 28.8 Å². The second-order valence-electron chi connectivity index (χ2n) is 16.2. The molecule has 4 heterocycles. The lowest BCUT2D eigenvalue weighted by Crippen LogP contribution is -2.52. The fraction of sp³-hybridized carbons (Fsp3) is 0.396. The number of methoxy groups -OCH3 is 1. The SMILES string of the molecule is CC[C@@H]1C(=O)N(C)c2cnc(Cc3ccc(C(=O)CCCCCCCCC(=O)Nc4cccc5c4CN(C4CCC(=O)NC4=O)C5=O)cc3OC)nc2N1Cc1ccc(Br)cc1.O=CO. The highest BCUT2D eigenvalue weighted by molar-refractivity contribution is 9.10. The molecule has 4 aromatic rings. The average molecular weight is 953 g/mol. The fourth-order valence-corrected chi connectivity index (χ4v) is 8.76. The van der Waals surface area contributed by atoms with Gasteiger partial charge < -0.3 is 29.9 Å². The molecular formula is C48H54BrN7O9. The number of unbranched alkanes of at least 4 members (excludes halogenated alkanes) is 5. The third-order valence-corrected chi connectivity index (χ3v) is 12.5. The van der Waals surface area contributed by atoms with Gasteiger partial charge in [-0.05, 0) is 61.6 Å². The van der Waals surface area contributed by atoms with E-state index >= 15 is 0 Å². The number of likely N-dealkylation sites (N-methyl/N-ethyl adjacent to an activating group) is 1. The Morgan fingerprint density at radius 3 is 2.38 bits per heavy atom. The minimum atomic E-state index is -0.715. The molecule has 0 radical (unpaired) electrons. The predicted molar refractivity (Wildman–Crippen MR) is 247 cm³/mol. The number of rotatable bonds is 18. The van der Waals surface area contributed by atoms with E-state index in [0.29, 0.717) is 84.1 Å². The number of benzene rings is 3. The zero-order valence-electron chi connectivity index (χ0n) is 36.8. The molecule has 3 aliphatic rings. The van der Waals surface area contributed by atoms with E-state index in [0.717, 1.165) is 47.7 Å². The molecule has 3 aliphatic heterocycles. The van der Waals surface area contributed by atoms with Crippen molar-refractivity contribution in [2.75, 3.05) is 29.3 Å². The van der Waals surface area contributed by atoms with Gasteiger partial charge in [-0.25, -0.2) is 9.97 Å². The summed E-state index contributed by atoms with van der Waals surface area (Å²) in [5, 5.41) is 12.2. The molecule has 1 aromatic heterocycles. The number of halogens is 1. The van der Waals surface area contributed by atoms with Crippen molar-refractivity contribution in [1.29, 1.82) is 0 Å². The minimum Gasteiger partial charge on any atom is -0.496 e. The number of hydrogen-bond donors (Lipinski definition) is 3. The lowest BCUT2D eigenvalue weighted by Gasteiger charge is -2.40. The first-order valence-electron chi connectivity index (χ1n) is 21.9. The van der Waals surface area contributed by atoms with Crippen molar-refractivity contribution in [1.82, 2.24) is 20.2 Å². The Hall–Kier alpha value is -6.49. The summed E-state index contributed by atoms with van der Waals surface area (Å²) in [6.45, 7) is 2.47. The second kappa shape index (κ2) is 22.4. The summed E-state index contributed by atoms with van der Waals surface area (Å²) in [5.41, 5.74) is 4.86. The predicted octanol–water partition coefficient (Wildman–Crippen LogP) is 7.00. The number of piperidine rings is 1. The monoisotopic (exact) mass is 951 g/mol. The Bertz CT molecular complexity index is 2430. The molecule has 2 atom stereocenters. The van der Waals surface area contributed by atoms with Crippen molar-refractivity contribution in [3.63, 3.8) is 0 Å². The molecule has 1 fully saturated rings. The van der Waals surface area contributed by atoms with E-state index in [-0.39, 0.29) is 61.3 Å². The number of fused-ring (bicyclic) bond motifs is 2. The van der Waals surface area contributed by atoms with E-state index in [1.807, 2.05) is 43.3 Å². The summed E-state index contributed by atoms with van der Waals surface area (Å²) in [6, 6.07) is 17.7. The van der Waals surface area contributed by atoms with Gasteiger partial charge in [-0.2, -0.15) is 0 Å². The van der Waals surface area contributed by atoms with Crippen LogP contribution in [0.1, 0.15) is 121 Å². The fourth-order valence-electron chi connectivity index (χ4n) is 8.50. The van der Waals surface area contributed by atoms with E-state index in [4.69, 9.17) is 19.6 Å². The third kappa shape index (κ3) is 11.6. The number of nitrogens with zero attached hydrogens (tertiary/aromatic N) is 5. The van der Waals surface area contributed by atoms with Crippen LogP contribution < -0.4 is 25.2 Å². The Balaban J connectivity index is 0.00000227. The highest BCUT2D eigenvalue weighted by atomic mass is 79.9. The molecule has 0 bridgehead atoms. The summed E-state index contributed by atoms with van der Waals surface area (Å²) in [7, 11) is 3.35. The van der Waals surface area contributed by atoms with Gasteiger partial charge in [-0.1, -0.05) is 78.9 Å². The molecule has 342 valence electrons. The number of hydrogen-bond acceptors (Lipinski definition) is 11. The summed E-state index contributed by atoms with van der Waals surface area (Å²) < 4.78 is 6.73. The van der Waals surface area contributed by atoms with Crippen LogP contribution in [0, 0.1) is 0 Å². The molecule has 65 heavy (non-hydrogen) atoms. The highest BCUT2D eigenvalue weighted by Crippen LogP contribution is 2.37. The number of carboxylic acid groups (broad SMARTS) is 1. The molecule has 7 rings (SSSR count). The maximum atomic E-state index is 13.3. The van der Waals surface area contributed by atoms with Crippen molar-refractivity contribution in [3.05, 3.63) is 105 Å². The molecule has 16 nitrogen and oxygen atoms in total. The van der Waals surface area contributed by atoms with Crippen LogP contribution >= 0.6 is 15.9 Å². The van der Waals surface area contributed by atoms with Gasteiger partial charge in [0.1, 0.15) is 29.3 Å². The lowest BCUT2D eigenvalue weighted by molar-refractivity contribution is -0.137. The summed E-state index contributed by atoms with van der Waals surface area (Å²) in [4.78, 5) is 99.7. The van der Waals surface area contributed by atoms with Crippen LogP contribution in [-0.4, -0.2) is 88.0 Å². The smallest absolute Gasteiger partial charge is 0.290 e. The third-order valence-electron chi connectivity index (χ3n) is 11.9. The quantitative estimate of drug-likeness (QED) is 0.0399. The lowest BCUT2D eigenvalue weighted by atomic mass is 10.0. The van der Waals surface area contributed by atoms with Crippen molar-refractivity contribution in [2.24, 2.45) is 0 Å². The Kier molecular flexibility index (Phi) is 16.5. The van der Waals surface area contributed by atoms with Gasteiger partial charge in [0.15, 0.2) is 11.6 Å². The number of carbonyl (C=O) groups is 7. The molecule has 0 saturated carbocycles. The molecule has 17 heteroatoms. The first-order chi connectivity index (χ1) is 31.4. The van der Waals surface area contributed by atoms with Gasteiger partial charge in [0, 0.05) is 78.2 Å². The van der Waals surface area contributed by atoms with Crippen molar-refractivity contribution >= 4 is 74.9 Å². The Morgan fingerprint density at radius 2 is 1.69 bits per heavy atom. The standard InChI is InChI=1S/C47H52BrN7O7.CH2O2/c1-4-36-47(61)53(2)38-26-49-41(51-44(38)54(36)27-29-16-20-32(48)21-17-29)25-31-19-18-30(24-40(31)62-3)39(56)14-9-7-5-6-8-10-15-42(57)50-35-13-11-12-33-34(35)28-55(46(33)60)37-22-23-43(58)52-45(37)59;2-1-3/h11-13,16-21,24,26,36-37H,4-10,14-15,22-23,25,27-28H2,1-3H3,(H,50,57)(H,52,58,59);1H,(H,2,3)/t36-,37?;/m1./s1. The number of carbonyl (C=O) groups excluding carboxylic acids is 6. The normalized spacial score (nSPS) is 16.6. The molecule has 3 N–H and O–H groups in total. The van der Waals surface area contributed by atoms with Crippen molar-refractivity contribution < 1.29 is 43.4 Å². The number of anilines is 3. The molecule has 5 amide bonds. The van der Waals surface area contributed by atoms with Crippen LogP contribution in [-0.2, 0) is 43.5 Å². The maximum absolute atomic E-state index is 13.3. The number of Topliss-reactive ketones (excluding diaryl/α,β-unsaturated/α-hetero) is 1. The number of imide groups is 1. The zero-order valence-corrected chi connectivity index (χ0v) is 38.4. The summed E-state index contributed by atoms with van der Waals surface area (Å²) in [6.07, 6.45) is 9.07. The number of ether oxygens (including phenoxy) is 1. The van der Waals surface area contributed by atoms with E-state index < -0.39 is 11.9 Å². The van der Waals surface area contributed by atoms with E-state index in [1.165, 1.54) is 4.90 Å². The van der Waals surface area contributed by atoms with Crippen LogP contribution in [0.4, 0.5) is 17.2 Å². The maximum Gasteiger partial charge on any atom is 0.290 e. The molecule has 1 saturated heterocycles. The van der Waals surface area contributed by atoms with Gasteiger partial charge in [0.05, 0.1) is 13.3 Å². The van der Waals surface area contributed by atoms with Crippen molar-refractivity contribution in [3.8, 4) is 5.75 Å². The number of nitrogens with one attached hydrogen (secondary N) is 2. The number of aromatic nitrogens is 2.